The van der Waals surface area contributed by atoms with Gasteiger partial charge in [-0.05, 0) is 99.7 Å². The van der Waals surface area contributed by atoms with Gasteiger partial charge in [-0.3, -0.25) is 44.2 Å². The average Bonchev–Trinajstić information content (AvgIpc) is 4.36. The van der Waals surface area contributed by atoms with E-state index < -0.39 is 41.3 Å². The van der Waals surface area contributed by atoms with E-state index in [2.05, 4.69) is 53.5 Å². The number of pyridine rings is 1. The van der Waals surface area contributed by atoms with Gasteiger partial charge < -0.3 is 40.6 Å². The highest BCUT2D eigenvalue weighted by atomic mass is 19.1. The number of nitrogens with zero attached hydrogens (tertiary/aromatic N) is 7. The first kappa shape index (κ1) is 54.9. The van der Waals surface area contributed by atoms with Crippen LogP contribution in [-0.2, 0) is 14.4 Å². The van der Waals surface area contributed by atoms with E-state index in [-0.39, 0.29) is 100 Å². The predicted molar refractivity (Wildman–Crippen MR) is 293 cm³/mol. The number of hydrogen-bond donors (Lipinski definition) is 6. The summed E-state index contributed by atoms with van der Waals surface area (Å²) in [6, 6.07) is 10.3. The van der Waals surface area contributed by atoms with Gasteiger partial charge in [0, 0.05) is 99.7 Å². The van der Waals surface area contributed by atoms with E-state index in [9.17, 15) is 29.4 Å². The number of carbonyl (C=O) groups is 5. The molecule has 6 aliphatic rings. The molecule has 4 amide bonds. The van der Waals surface area contributed by atoms with Gasteiger partial charge in [0.15, 0.2) is 5.82 Å². The number of imide groups is 2. The number of phenols is 1. The maximum atomic E-state index is 17.3. The number of piperidine rings is 1. The van der Waals surface area contributed by atoms with Gasteiger partial charge in [0.05, 0.1) is 34.2 Å². The van der Waals surface area contributed by atoms with Crippen LogP contribution in [0.15, 0.2) is 60.8 Å². The van der Waals surface area contributed by atoms with Gasteiger partial charge in [-0.2, -0.15) is 9.97 Å². The number of aromatic nitrogens is 3. The molecule has 6 aliphatic heterocycles. The molecular formula is C58H65F2N11O8. The molecule has 21 heteroatoms. The van der Waals surface area contributed by atoms with Crippen molar-refractivity contribution in [3.05, 3.63) is 89.1 Å². The van der Waals surface area contributed by atoms with Gasteiger partial charge in [-0.25, -0.2) is 8.78 Å². The molecule has 5 saturated heterocycles. The summed E-state index contributed by atoms with van der Waals surface area (Å²) in [6.07, 6.45) is 14.8. The van der Waals surface area contributed by atoms with Gasteiger partial charge in [-0.15, -0.1) is 6.42 Å². The number of rotatable bonds is 20. The molecule has 19 nitrogen and oxygen atoms in total. The lowest BCUT2D eigenvalue weighted by Gasteiger charge is -2.35. The maximum absolute atomic E-state index is 17.3. The van der Waals surface area contributed by atoms with Gasteiger partial charge >= 0.3 is 6.01 Å². The summed E-state index contributed by atoms with van der Waals surface area (Å²) < 4.78 is 39.0. The summed E-state index contributed by atoms with van der Waals surface area (Å²) in [7, 11) is 0. The number of unbranched alkanes of at least 4 members (excludes halogenated alkanes) is 2. The van der Waals surface area contributed by atoms with Crippen molar-refractivity contribution < 1.29 is 47.7 Å². The van der Waals surface area contributed by atoms with Gasteiger partial charge in [0.1, 0.15) is 48.0 Å². The second-order valence-corrected chi connectivity index (χ2v) is 21.4. The Balaban J connectivity index is 0.00000348. The van der Waals surface area contributed by atoms with Crippen LogP contribution in [0.5, 0.6) is 11.8 Å². The monoisotopic (exact) mass is 1080 g/mol. The van der Waals surface area contributed by atoms with Crippen LogP contribution < -0.4 is 30.9 Å². The molecule has 0 aliphatic carbocycles. The number of hydrogen-bond acceptors (Lipinski definition) is 17. The van der Waals surface area contributed by atoms with Gasteiger partial charge in [-0.1, -0.05) is 30.6 Å². The lowest BCUT2D eigenvalue weighted by atomic mass is 9.94. The average molecular weight is 1080 g/mol. The molecule has 5 aromatic rings. The molecule has 79 heavy (non-hydrogen) atoms. The van der Waals surface area contributed by atoms with Crippen LogP contribution in [0.3, 0.4) is 0 Å². The first-order valence-corrected chi connectivity index (χ1v) is 27.1. The molecule has 6 N–H and O–H groups in total. The summed E-state index contributed by atoms with van der Waals surface area (Å²) in [4.78, 5) is 80.5. The second kappa shape index (κ2) is 23.5. The Hall–Kier alpha value is -7.48. The third-order valence-corrected chi connectivity index (χ3v) is 16.4. The number of aromatic hydroxyl groups is 1. The third-order valence-electron chi connectivity index (χ3n) is 16.4. The molecular weight excluding hydrogens is 1020 g/mol. The van der Waals surface area contributed by atoms with Crippen LogP contribution in [0, 0.1) is 24.0 Å². The zero-order valence-electron chi connectivity index (χ0n) is 44.0. The van der Waals surface area contributed by atoms with Crippen LogP contribution in [0.1, 0.15) is 90.5 Å². The number of ether oxygens (including phenoxy) is 1. The number of carbonyl (C=O) groups excluding carboxylic acids is 5. The van der Waals surface area contributed by atoms with Gasteiger partial charge in [0.25, 0.3) is 11.8 Å². The Morgan fingerprint density at radius 1 is 0.924 bits per heavy atom. The lowest BCUT2D eigenvalue weighted by Crippen LogP contribution is -2.54. The van der Waals surface area contributed by atoms with E-state index in [1.165, 1.54) is 24.3 Å². The van der Waals surface area contributed by atoms with Crippen LogP contribution in [0.4, 0.5) is 20.3 Å². The van der Waals surface area contributed by atoms with Crippen LogP contribution in [0.25, 0.3) is 32.9 Å². The number of halogens is 2. The van der Waals surface area contributed by atoms with Crippen molar-refractivity contribution in [3.63, 3.8) is 0 Å². The van der Waals surface area contributed by atoms with Crippen molar-refractivity contribution in [1.82, 2.24) is 45.6 Å². The summed E-state index contributed by atoms with van der Waals surface area (Å²) in [5.74, 6) is -0.762. The minimum atomic E-state index is -1.01. The smallest absolute Gasteiger partial charge is 0.319 e. The van der Waals surface area contributed by atoms with Crippen molar-refractivity contribution in [3.8, 4) is 35.4 Å². The highest BCUT2D eigenvalue weighted by Crippen LogP contribution is 2.45. The van der Waals surface area contributed by atoms with Crippen molar-refractivity contribution in [2.24, 2.45) is 0 Å². The summed E-state index contributed by atoms with van der Waals surface area (Å²) in [6.45, 7) is 13.1. The molecule has 5 unspecified atom stereocenters. The fourth-order valence-electron chi connectivity index (χ4n) is 12.7. The molecule has 8 heterocycles. The highest BCUT2D eigenvalue weighted by molar-refractivity contribution is 6.23. The predicted octanol–water partition coefficient (Wildman–Crippen LogP) is 4.68. The first-order chi connectivity index (χ1) is 38.3. The Labute approximate surface area is 456 Å². The Morgan fingerprint density at radius 3 is 2.49 bits per heavy atom. The maximum Gasteiger partial charge on any atom is 0.319 e. The number of terminal acetylenes is 1. The minimum Gasteiger partial charge on any atom is -0.508 e. The van der Waals surface area contributed by atoms with Crippen molar-refractivity contribution in [2.75, 3.05) is 82.3 Å². The van der Waals surface area contributed by atoms with E-state index in [1.54, 1.807) is 24.4 Å². The number of amides is 4. The minimum absolute atomic E-state index is 0.00304. The topological polar surface area (TPSA) is 235 Å². The van der Waals surface area contributed by atoms with Crippen LogP contribution in [-0.4, -0.2) is 172 Å². The highest BCUT2D eigenvalue weighted by Gasteiger charge is 2.51. The number of aliphatic hydroxyl groups is 1. The van der Waals surface area contributed by atoms with Crippen LogP contribution >= 0.6 is 0 Å². The molecule has 3 aromatic carbocycles. The number of benzene rings is 3. The molecule has 0 spiro atoms. The number of aliphatic hydroxyl groups excluding tert-OH is 1. The van der Waals surface area contributed by atoms with Crippen molar-refractivity contribution in [2.45, 2.75) is 93.9 Å². The molecule has 5 fully saturated rings. The van der Waals surface area contributed by atoms with E-state index >= 15 is 8.78 Å². The number of phenolic OH excluding ortho intramolecular Hbond substituents is 1. The zero-order chi connectivity index (χ0) is 55.5. The summed E-state index contributed by atoms with van der Waals surface area (Å²) >= 11 is 0. The molecule has 414 valence electrons. The number of piperazine rings is 1. The Morgan fingerprint density at radius 2 is 1.72 bits per heavy atom. The van der Waals surface area contributed by atoms with E-state index in [4.69, 9.17) is 25.9 Å². The Kier molecular flexibility index (Phi) is 16.3. The van der Waals surface area contributed by atoms with Crippen LogP contribution in [0.2, 0.25) is 0 Å². The number of anilines is 2. The van der Waals surface area contributed by atoms with E-state index in [0.29, 0.717) is 48.5 Å². The molecule has 2 bridgehead atoms. The standard InChI is InChI=1S/C57H63F2N11O7.CH2O/c1-3-40-45(58)12-7-34-23-39(72)25-43(48(34)40)50-49(59)51-44(28-62-50)52(68-30-36-8-9-37(31-68)63-36)66-56(65-51)77-32-57-16-15-38(69(57)29-33(2)26-57)27-60-18-20-67(21-22-71)19-6-4-5-17-61-35-10-11-41-42(24-35)55(76)70(54(41)75)46-13-14-47(73)64-53(46)74;1-2/h1,7,10-12,23-25,28,36-38,46,60-61,63,71-72H,2,4-6,8-9,13-22,26-27,29-32H2,(H,64,73,74);1H2. The first-order valence-electron chi connectivity index (χ1n) is 27.1. The zero-order valence-corrected chi connectivity index (χ0v) is 44.0. The lowest BCUT2D eigenvalue weighted by molar-refractivity contribution is -0.136. The van der Waals surface area contributed by atoms with Crippen molar-refractivity contribution in [1.29, 1.82) is 0 Å². The molecule has 11 rings (SSSR count). The van der Waals surface area contributed by atoms with E-state index in [0.717, 1.165) is 94.6 Å². The molecule has 0 saturated carbocycles. The van der Waals surface area contributed by atoms with E-state index in [1.807, 2.05) is 6.79 Å². The fraction of sp³-hybridized carbons (Fsp3) is 0.448. The van der Waals surface area contributed by atoms with Crippen molar-refractivity contribution >= 4 is 63.6 Å². The molecule has 5 atom stereocenters. The third kappa shape index (κ3) is 11.0. The summed E-state index contributed by atoms with van der Waals surface area (Å²) in [5.41, 5.74) is 1.87. The fourth-order valence-corrected chi connectivity index (χ4v) is 12.7. The number of fused-ring (bicyclic) bond motifs is 6. The van der Waals surface area contributed by atoms with Gasteiger partial charge in [0.2, 0.25) is 11.8 Å². The number of nitrogens with one attached hydrogen (secondary N) is 4. The SMILES string of the molecule is C#Cc1c(F)ccc2cc(O)cc(-c3ncc4c(N5CC6CCC(C5)N6)nc(OCC56CCC(CNCCN(CCO)CCCCCNc7ccc8c(c7)C(=O)N(C7CCC(=O)NC7=O)C8=O)N5CC(=C)C6)nc4c3F)c12.C=O. The Bertz CT molecular complexity index is 3250. The second-order valence-electron chi connectivity index (χ2n) is 21.4. The largest absolute Gasteiger partial charge is 0.508 e. The summed E-state index contributed by atoms with van der Waals surface area (Å²) in [5, 5.41) is 34.7. The molecule has 2 aromatic heterocycles. The normalized spacial score (nSPS) is 22.6. The quantitative estimate of drug-likeness (QED) is 0.0269. The molecule has 0 radical (unpaired) electrons.